The Morgan fingerprint density at radius 3 is 2.15 bits per heavy atom. The molecule has 0 aliphatic heterocycles. The largest absolute Gasteiger partial charge is 0.405 e. The second-order valence-electron chi connectivity index (χ2n) is 8.96. The third kappa shape index (κ3) is 3.08. The highest BCUT2D eigenvalue weighted by Crippen LogP contribution is 2.43. The summed E-state index contributed by atoms with van der Waals surface area (Å²) in [6.45, 7) is 4.34. The Morgan fingerprint density at radius 2 is 1.39 bits per heavy atom. The van der Waals surface area contributed by atoms with E-state index in [1.165, 1.54) is 70.9 Å². The van der Waals surface area contributed by atoms with E-state index in [2.05, 4.69) is 105 Å². The minimum absolute atomic E-state index is 1.20. The molecule has 1 heteroatoms. The molecule has 0 atom stereocenters. The van der Waals surface area contributed by atoms with Gasteiger partial charge in [-0.05, 0) is 109 Å². The van der Waals surface area contributed by atoms with Crippen LogP contribution in [0.15, 0.2) is 103 Å². The number of fused-ring (bicyclic) bond motifs is 1. The van der Waals surface area contributed by atoms with Crippen molar-refractivity contribution in [3.05, 3.63) is 114 Å². The van der Waals surface area contributed by atoms with Crippen LogP contribution in [-0.2, 0) is 0 Å². The van der Waals surface area contributed by atoms with Crippen molar-refractivity contribution in [2.75, 3.05) is 0 Å². The lowest BCUT2D eigenvalue weighted by atomic mass is 9.85. The van der Waals surface area contributed by atoms with Crippen LogP contribution in [-0.4, -0.2) is 0 Å². The molecule has 0 fully saturated rings. The van der Waals surface area contributed by atoms with Gasteiger partial charge >= 0.3 is 0 Å². The first kappa shape index (κ1) is 19.6. The number of benzene rings is 6. The Labute approximate surface area is 193 Å². The van der Waals surface area contributed by atoms with Crippen LogP contribution in [0, 0.1) is 6.92 Å². The number of aryl methyl sites for hydroxylation is 1. The first-order chi connectivity index (χ1) is 16.1. The van der Waals surface area contributed by atoms with Crippen molar-refractivity contribution < 1.29 is 0 Å². The fourth-order valence-electron chi connectivity index (χ4n) is 5.28. The van der Waals surface area contributed by atoms with Gasteiger partial charge in [0.15, 0.2) is 0 Å². The molecule has 0 aliphatic rings. The zero-order valence-electron chi connectivity index (χ0n) is 18.9. The minimum atomic E-state index is 1.20. The highest BCUT2D eigenvalue weighted by Gasteiger charge is 2.16. The predicted molar refractivity (Wildman–Crippen MR) is 145 cm³/mol. The average molecular weight is 424 g/mol. The maximum Gasteiger partial charge on any atom is -0.00144 e. The summed E-state index contributed by atoms with van der Waals surface area (Å²) in [5.74, 6) is 0. The van der Waals surface area contributed by atoms with E-state index in [-0.39, 0.29) is 0 Å². The van der Waals surface area contributed by atoms with Crippen LogP contribution in [0.4, 0.5) is 0 Å². The molecule has 6 aromatic rings. The maximum absolute atomic E-state index is 5.65. The zero-order valence-corrected chi connectivity index (χ0v) is 18.9. The Kier molecular flexibility index (Phi) is 4.45. The van der Waals surface area contributed by atoms with Crippen LogP contribution in [0.25, 0.3) is 59.8 Å². The zero-order chi connectivity index (χ0) is 22.5. The fourth-order valence-corrected chi connectivity index (χ4v) is 5.28. The van der Waals surface area contributed by atoms with E-state index in [4.69, 9.17) is 5.73 Å². The molecular formula is C32H25N. The summed E-state index contributed by atoms with van der Waals surface area (Å²) in [5, 5.41) is 10.4. The number of hydrogen-bond donors (Lipinski definition) is 1. The van der Waals surface area contributed by atoms with Crippen LogP contribution in [0.1, 0.15) is 18.1 Å². The molecule has 0 unspecified atom stereocenters. The molecule has 2 N–H and O–H groups in total. The van der Waals surface area contributed by atoms with Gasteiger partial charge < -0.3 is 5.73 Å². The normalized spacial score (nSPS) is 12.7. The highest BCUT2D eigenvalue weighted by molar-refractivity contribution is 6.27. The molecule has 0 saturated carbocycles. The lowest BCUT2D eigenvalue weighted by Gasteiger charge is -2.19. The number of nitrogens with two attached hydrogens (primary N) is 1. The Hall–Kier alpha value is -4.10. The summed E-state index contributed by atoms with van der Waals surface area (Å²) >= 11 is 0. The Bertz CT molecular complexity index is 1710. The first-order valence-corrected chi connectivity index (χ1v) is 11.4. The molecule has 1 nitrogen and oxygen atoms in total. The van der Waals surface area contributed by atoms with Crippen molar-refractivity contribution in [3.8, 4) is 11.1 Å². The molecule has 0 radical (unpaired) electrons. The van der Waals surface area contributed by atoms with E-state index in [0.717, 1.165) is 0 Å². The molecule has 0 aromatic heterocycles. The van der Waals surface area contributed by atoms with Crippen molar-refractivity contribution in [1.29, 1.82) is 0 Å². The van der Waals surface area contributed by atoms with Gasteiger partial charge in [0.1, 0.15) is 0 Å². The van der Waals surface area contributed by atoms with Gasteiger partial charge in [0.25, 0.3) is 0 Å². The van der Waals surface area contributed by atoms with E-state index in [1.54, 1.807) is 6.20 Å². The van der Waals surface area contributed by atoms with Gasteiger partial charge in [-0.15, -0.1) is 0 Å². The Balaban J connectivity index is 1.78. The first-order valence-electron chi connectivity index (χ1n) is 11.4. The predicted octanol–water partition coefficient (Wildman–Crippen LogP) is 8.59. The van der Waals surface area contributed by atoms with Gasteiger partial charge in [0.05, 0.1) is 0 Å². The molecule has 0 saturated heterocycles. The van der Waals surface area contributed by atoms with E-state index < -0.39 is 0 Å². The van der Waals surface area contributed by atoms with Crippen molar-refractivity contribution in [3.63, 3.8) is 0 Å². The SMILES string of the molecule is C/C(=C\C=C/N)c1cc(-c2ccc3ccccc3c2)c2ccc3cc(C)cc4ccc1c2c43. The molecule has 0 heterocycles. The molecule has 0 bridgehead atoms. The molecule has 158 valence electrons. The van der Waals surface area contributed by atoms with Crippen molar-refractivity contribution >= 4 is 48.7 Å². The number of rotatable bonds is 3. The molecule has 6 rings (SSSR count). The summed E-state index contributed by atoms with van der Waals surface area (Å²) in [4.78, 5) is 0. The highest BCUT2D eigenvalue weighted by atomic mass is 14.5. The monoisotopic (exact) mass is 423 g/mol. The molecule has 0 spiro atoms. The molecule has 0 aliphatic carbocycles. The number of allylic oxidation sites excluding steroid dienone is 3. The second-order valence-corrected chi connectivity index (χ2v) is 8.96. The van der Waals surface area contributed by atoms with E-state index >= 15 is 0 Å². The maximum atomic E-state index is 5.65. The summed E-state index contributed by atoms with van der Waals surface area (Å²) in [6, 6.07) is 31.4. The summed E-state index contributed by atoms with van der Waals surface area (Å²) in [6.07, 6.45) is 5.60. The molecule has 0 amide bonds. The topological polar surface area (TPSA) is 26.0 Å². The van der Waals surface area contributed by atoms with Gasteiger partial charge in [0, 0.05) is 0 Å². The summed E-state index contributed by atoms with van der Waals surface area (Å²) < 4.78 is 0. The molecule has 6 aromatic carbocycles. The molecular weight excluding hydrogens is 398 g/mol. The van der Waals surface area contributed by atoms with Crippen molar-refractivity contribution in [1.82, 2.24) is 0 Å². The van der Waals surface area contributed by atoms with Gasteiger partial charge in [-0.1, -0.05) is 78.9 Å². The summed E-state index contributed by atoms with van der Waals surface area (Å²) in [7, 11) is 0. The van der Waals surface area contributed by atoms with Crippen LogP contribution in [0.5, 0.6) is 0 Å². The third-order valence-electron chi connectivity index (χ3n) is 6.80. The summed E-state index contributed by atoms with van der Waals surface area (Å²) in [5.41, 5.74) is 11.9. The standard InChI is InChI=1S/C32H25N/c1-20-16-25-11-13-27-29(21(2)6-5-15-33)19-30(28-14-12-26(17-20)31(25)32(27)28)24-10-9-22-7-3-4-8-23(22)18-24/h3-19H,33H2,1-2H3/b15-5-,21-6+. The van der Waals surface area contributed by atoms with Crippen LogP contribution in [0.2, 0.25) is 0 Å². The lowest BCUT2D eigenvalue weighted by molar-refractivity contribution is 1.52. The van der Waals surface area contributed by atoms with Gasteiger partial charge in [0.2, 0.25) is 0 Å². The van der Waals surface area contributed by atoms with E-state index in [0.29, 0.717) is 0 Å². The van der Waals surface area contributed by atoms with Crippen LogP contribution in [0.3, 0.4) is 0 Å². The van der Waals surface area contributed by atoms with E-state index in [9.17, 15) is 0 Å². The van der Waals surface area contributed by atoms with E-state index in [1.807, 2.05) is 6.08 Å². The van der Waals surface area contributed by atoms with Crippen LogP contribution >= 0.6 is 0 Å². The molecule has 33 heavy (non-hydrogen) atoms. The van der Waals surface area contributed by atoms with Gasteiger partial charge in [-0.25, -0.2) is 0 Å². The third-order valence-corrected chi connectivity index (χ3v) is 6.80. The smallest absolute Gasteiger partial charge is 0.00144 e. The van der Waals surface area contributed by atoms with Crippen molar-refractivity contribution in [2.24, 2.45) is 5.73 Å². The van der Waals surface area contributed by atoms with Gasteiger partial charge in [-0.2, -0.15) is 0 Å². The average Bonchev–Trinajstić information content (AvgIpc) is 2.84. The van der Waals surface area contributed by atoms with Crippen LogP contribution < -0.4 is 5.73 Å². The second kappa shape index (κ2) is 7.50. The minimum Gasteiger partial charge on any atom is -0.405 e. The quantitative estimate of drug-likeness (QED) is 0.224. The Morgan fingerprint density at radius 1 is 0.697 bits per heavy atom. The lowest BCUT2D eigenvalue weighted by Crippen LogP contribution is -1.93. The fraction of sp³-hybridized carbons (Fsp3) is 0.0625. The number of hydrogen-bond acceptors (Lipinski definition) is 1. The van der Waals surface area contributed by atoms with Crippen molar-refractivity contribution in [2.45, 2.75) is 13.8 Å². The van der Waals surface area contributed by atoms with Gasteiger partial charge in [-0.3, -0.25) is 0 Å².